The molecule has 6 N–H and O–H groups in total. The number of hydrogen-bond donors (Lipinski definition) is 5. The van der Waals surface area contributed by atoms with Crippen molar-refractivity contribution in [1.29, 1.82) is 0 Å². The van der Waals surface area contributed by atoms with Gasteiger partial charge in [0.25, 0.3) is 5.56 Å². The smallest absolute Gasteiger partial charge is 0.459 e. The molecule has 0 spiro atoms. The third-order valence-corrected chi connectivity index (χ3v) is 7.70. The number of nitrogens with one attached hydrogen (secondary N) is 2. The number of carbonyl (C=O) groups excluding carboxylic acids is 1. The summed E-state index contributed by atoms with van der Waals surface area (Å²) in [4.78, 5) is 30.7. The molecule has 3 heterocycles. The fraction of sp³-hybridized carbons (Fsp3) is 0.400. The molecule has 1 saturated heterocycles. The summed E-state index contributed by atoms with van der Waals surface area (Å²) in [5.74, 6) is 0.0637. The number of rotatable bonds is 10. The second kappa shape index (κ2) is 11.6. The zero-order valence-electron chi connectivity index (χ0n) is 22.2. The van der Waals surface area contributed by atoms with E-state index >= 15 is 0 Å². The van der Waals surface area contributed by atoms with Crippen molar-refractivity contribution in [3.8, 4) is 18.1 Å². The van der Waals surface area contributed by atoms with Crippen molar-refractivity contribution < 1.29 is 42.5 Å². The van der Waals surface area contributed by atoms with Gasteiger partial charge in [0.05, 0.1) is 12.7 Å². The second-order valence-electron chi connectivity index (χ2n) is 9.51. The van der Waals surface area contributed by atoms with Crippen molar-refractivity contribution in [3.63, 3.8) is 0 Å². The largest absolute Gasteiger partial charge is 0.462 e. The molecule has 3 aromatic rings. The SMILES string of the molecule is C#C[C@@]1(O)C(O)[C@@H](COP(=O)(N[C@@H](C)C(=O)OC(C)C)Oc2ccccc2)O[C@H]1n1cc(F)c2c(=O)[nH]c(N)nc21. The van der Waals surface area contributed by atoms with E-state index in [-0.39, 0.29) is 17.3 Å². The number of terminal acetylenes is 1. The van der Waals surface area contributed by atoms with Gasteiger partial charge >= 0.3 is 13.7 Å². The topological polar surface area (TPSA) is 200 Å². The highest BCUT2D eigenvalue weighted by Crippen LogP contribution is 2.47. The van der Waals surface area contributed by atoms with Gasteiger partial charge in [-0.1, -0.05) is 24.1 Å². The lowest BCUT2D eigenvalue weighted by atomic mass is 9.95. The van der Waals surface area contributed by atoms with E-state index in [1.165, 1.54) is 19.1 Å². The Kier molecular flexibility index (Phi) is 8.55. The van der Waals surface area contributed by atoms with E-state index in [4.69, 9.17) is 30.7 Å². The molecule has 0 aliphatic carbocycles. The average molecular weight is 594 g/mol. The Balaban J connectivity index is 1.62. The minimum absolute atomic E-state index is 0.127. The Morgan fingerprint density at radius 3 is 2.71 bits per heavy atom. The van der Waals surface area contributed by atoms with E-state index < -0.39 is 73.3 Å². The third kappa shape index (κ3) is 6.13. The highest BCUT2D eigenvalue weighted by Gasteiger charge is 2.56. The highest BCUT2D eigenvalue weighted by atomic mass is 31.2. The van der Waals surface area contributed by atoms with Gasteiger partial charge in [-0.3, -0.25) is 23.7 Å². The molecule has 16 heteroatoms. The number of hydrogen-bond acceptors (Lipinski definition) is 11. The Hall–Kier alpha value is -3.77. The first-order chi connectivity index (χ1) is 19.3. The maximum absolute atomic E-state index is 14.7. The van der Waals surface area contributed by atoms with E-state index in [0.717, 1.165) is 10.8 Å². The summed E-state index contributed by atoms with van der Waals surface area (Å²) in [6, 6.07) is 6.76. The fourth-order valence-corrected chi connectivity index (χ4v) is 5.65. The number of ether oxygens (including phenoxy) is 2. The summed E-state index contributed by atoms with van der Waals surface area (Å²) >= 11 is 0. The zero-order valence-corrected chi connectivity index (χ0v) is 23.1. The maximum atomic E-state index is 14.7. The Morgan fingerprint density at radius 2 is 2.07 bits per heavy atom. The van der Waals surface area contributed by atoms with E-state index in [1.54, 1.807) is 32.0 Å². The number of aromatic amines is 1. The zero-order chi connectivity index (χ0) is 30.1. The van der Waals surface area contributed by atoms with Gasteiger partial charge in [0.15, 0.2) is 23.3 Å². The van der Waals surface area contributed by atoms with Gasteiger partial charge in [0.2, 0.25) is 5.95 Å². The van der Waals surface area contributed by atoms with Gasteiger partial charge in [-0.2, -0.15) is 10.1 Å². The lowest BCUT2D eigenvalue weighted by molar-refractivity contribution is -0.149. The van der Waals surface area contributed by atoms with Crippen LogP contribution in [0.1, 0.15) is 27.0 Å². The standard InChI is InChI=1S/C25H29FN5O9P/c1-5-25(35)19(32)17(39-23(25)31-11-16(26)18-20(31)28-24(27)29-21(18)33)12-37-41(36,40-15-9-7-6-8-10-15)30-14(4)22(34)38-13(2)3/h1,6-11,13-14,17,19,23,32,35H,12H2,2-4H3,(H,30,36)(H3,27,28,29,33)/t14-,17+,19?,23+,25+,41?/m0/s1. The molecule has 1 aliphatic rings. The molecule has 2 unspecified atom stereocenters. The van der Waals surface area contributed by atoms with Gasteiger partial charge in [-0.25, -0.2) is 8.96 Å². The number of esters is 1. The molecule has 2 aromatic heterocycles. The fourth-order valence-electron chi connectivity index (χ4n) is 4.15. The number of para-hydroxylation sites is 1. The first-order valence-electron chi connectivity index (χ1n) is 12.3. The number of aromatic nitrogens is 3. The van der Waals surface area contributed by atoms with E-state index in [9.17, 15) is 28.8 Å². The van der Waals surface area contributed by atoms with Crippen molar-refractivity contribution in [2.45, 2.75) is 57.0 Å². The van der Waals surface area contributed by atoms with Gasteiger partial charge in [-0.15, -0.1) is 6.42 Å². The second-order valence-corrected chi connectivity index (χ2v) is 11.2. The van der Waals surface area contributed by atoms with Crippen molar-refractivity contribution in [2.75, 3.05) is 12.3 Å². The van der Waals surface area contributed by atoms with Crippen LogP contribution in [0.3, 0.4) is 0 Å². The van der Waals surface area contributed by atoms with Crippen molar-refractivity contribution in [1.82, 2.24) is 19.6 Å². The average Bonchev–Trinajstić information content (AvgIpc) is 3.36. The molecule has 1 aromatic carbocycles. The molecule has 1 fully saturated rings. The normalized spacial score (nSPS) is 24.6. The summed E-state index contributed by atoms with van der Waals surface area (Å²) in [6.45, 7) is 3.98. The minimum atomic E-state index is -4.38. The molecule has 41 heavy (non-hydrogen) atoms. The highest BCUT2D eigenvalue weighted by molar-refractivity contribution is 7.52. The van der Waals surface area contributed by atoms with Crippen LogP contribution in [0.2, 0.25) is 0 Å². The van der Waals surface area contributed by atoms with Crippen LogP contribution >= 0.6 is 7.75 Å². The van der Waals surface area contributed by atoms with Crippen LogP contribution in [-0.2, 0) is 23.4 Å². The number of carbonyl (C=O) groups is 1. The summed E-state index contributed by atoms with van der Waals surface area (Å²) in [5, 5.41) is 24.1. The Morgan fingerprint density at radius 1 is 1.39 bits per heavy atom. The van der Waals surface area contributed by atoms with Crippen molar-refractivity contribution in [2.24, 2.45) is 0 Å². The van der Waals surface area contributed by atoms with Crippen molar-refractivity contribution >= 4 is 30.7 Å². The van der Waals surface area contributed by atoms with E-state index in [0.29, 0.717) is 0 Å². The summed E-state index contributed by atoms with van der Waals surface area (Å²) in [5.41, 5.74) is 1.91. The Labute approximate surface area is 233 Å². The first-order valence-corrected chi connectivity index (χ1v) is 13.9. The molecule has 1 aliphatic heterocycles. The first kappa shape index (κ1) is 30.2. The minimum Gasteiger partial charge on any atom is -0.462 e. The number of aliphatic hydroxyl groups excluding tert-OH is 1. The molecule has 0 radical (unpaired) electrons. The predicted molar refractivity (Wildman–Crippen MR) is 143 cm³/mol. The van der Waals surface area contributed by atoms with Gasteiger partial charge in [0.1, 0.15) is 29.4 Å². The molecular weight excluding hydrogens is 564 g/mol. The number of fused-ring (bicyclic) bond motifs is 1. The van der Waals surface area contributed by atoms with Gasteiger partial charge < -0.3 is 29.9 Å². The lowest BCUT2D eigenvalue weighted by Crippen LogP contribution is -2.46. The van der Waals surface area contributed by atoms with Crippen LogP contribution in [-0.4, -0.2) is 67.3 Å². The number of anilines is 1. The third-order valence-electron chi connectivity index (χ3n) is 6.06. The van der Waals surface area contributed by atoms with Crippen LogP contribution < -0.4 is 20.9 Å². The molecule has 220 valence electrons. The van der Waals surface area contributed by atoms with Crippen LogP contribution in [0, 0.1) is 18.2 Å². The Bertz CT molecular complexity index is 1570. The van der Waals surface area contributed by atoms with Crippen molar-refractivity contribution in [3.05, 3.63) is 52.7 Å². The van der Waals surface area contributed by atoms with Crippen LogP contribution in [0.5, 0.6) is 5.75 Å². The van der Waals surface area contributed by atoms with Gasteiger partial charge in [0, 0.05) is 6.20 Å². The summed E-state index contributed by atoms with van der Waals surface area (Å²) < 4.78 is 51.4. The monoisotopic (exact) mass is 593 g/mol. The summed E-state index contributed by atoms with van der Waals surface area (Å²) in [6.07, 6.45) is 0.884. The molecule has 14 nitrogen and oxygen atoms in total. The number of nitrogens with two attached hydrogens (primary N) is 1. The number of halogens is 1. The van der Waals surface area contributed by atoms with E-state index in [2.05, 4.69) is 15.1 Å². The number of H-pyrrole nitrogens is 1. The van der Waals surface area contributed by atoms with Crippen LogP contribution in [0.15, 0.2) is 41.3 Å². The number of benzene rings is 1. The number of aliphatic hydroxyl groups is 2. The van der Waals surface area contributed by atoms with E-state index in [1.807, 2.05) is 5.92 Å². The van der Waals surface area contributed by atoms with Crippen LogP contribution in [0.25, 0.3) is 11.0 Å². The molecular formula is C25H29FN5O9P. The molecule has 4 rings (SSSR count). The molecule has 0 amide bonds. The number of nitrogens with zero attached hydrogens (tertiary/aromatic N) is 2. The lowest BCUT2D eigenvalue weighted by Gasteiger charge is -2.26. The quantitative estimate of drug-likeness (QED) is 0.128. The molecule has 0 saturated carbocycles. The predicted octanol–water partition coefficient (Wildman–Crippen LogP) is 1.20. The van der Waals surface area contributed by atoms with Gasteiger partial charge in [-0.05, 0) is 32.9 Å². The molecule has 6 atom stereocenters. The maximum Gasteiger partial charge on any atom is 0.459 e. The number of nitrogen functional groups attached to an aromatic ring is 1. The molecule has 0 bridgehead atoms. The van der Waals surface area contributed by atoms with Crippen LogP contribution in [0.4, 0.5) is 10.3 Å². The summed E-state index contributed by atoms with van der Waals surface area (Å²) in [7, 11) is -4.38.